The third-order valence-electron chi connectivity index (χ3n) is 6.06. The van der Waals surface area contributed by atoms with Crippen LogP contribution in [0.2, 0.25) is 0 Å². The average Bonchev–Trinajstić information content (AvgIpc) is 3.25. The van der Waals surface area contributed by atoms with Gasteiger partial charge in [-0.25, -0.2) is 4.39 Å². The monoisotopic (exact) mass is 481 g/mol. The molecule has 2 heterocycles. The first-order valence-electron chi connectivity index (χ1n) is 11.9. The van der Waals surface area contributed by atoms with E-state index in [1.807, 2.05) is 53.6 Å². The van der Waals surface area contributed by atoms with Crippen LogP contribution in [-0.4, -0.2) is 55.4 Å². The van der Waals surface area contributed by atoms with E-state index in [2.05, 4.69) is 15.1 Å². The van der Waals surface area contributed by atoms with Crippen molar-refractivity contribution in [2.75, 3.05) is 18.8 Å². The lowest BCUT2D eigenvalue weighted by atomic mass is 10.1. The van der Waals surface area contributed by atoms with Gasteiger partial charge in [0.25, 0.3) is 0 Å². The maximum atomic E-state index is 13.6. The number of aromatic nitrogens is 3. The first-order chi connectivity index (χ1) is 16.5. The van der Waals surface area contributed by atoms with Crippen molar-refractivity contribution >= 4 is 17.7 Å². The first-order valence-corrected chi connectivity index (χ1v) is 12.9. The van der Waals surface area contributed by atoms with Crippen molar-refractivity contribution in [1.29, 1.82) is 0 Å². The first kappa shape index (κ1) is 24.4. The Morgan fingerprint density at radius 3 is 2.41 bits per heavy atom. The number of hydrogen-bond acceptors (Lipinski definition) is 5. The van der Waals surface area contributed by atoms with Crippen molar-refractivity contribution < 1.29 is 9.18 Å². The zero-order chi connectivity index (χ0) is 23.9. The number of rotatable bonds is 9. The van der Waals surface area contributed by atoms with Crippen LogP contribution in [-0.2, 0) is 17.9 Å². The summed E-state index contributed by atoms with van der Waals surface area (Å²) >= 11 is 1.38. The fourth-order valence-electron chi connectivity index (χ4n) is 4.21. The minimum Gasteiger partial charge on any atom is -0.335 e. The fraction of sp³-hybridized carbons (Fsp3) is 0.423. The van der Waals surface area contributed by atoms with Crippen molar-refractivity contribution in [3.63, 3.8) is 0 Å². The summed E-state index contributed by atoms with van der Waals surface area (Å²) in [6.45, 7) is 7.40. The molecular weight excluding hydrogens is 449 g/mol. The molecule has 180 valence electrons. The molecule has 0 saturated carbocycles. The fourth-order valence-corrected chi connectivity index (χ4v) is 5.07. The highest BCUT2D eigenvalue weighted by Crippen LogP contribution is 2.25. The van der Waals surface area contributed by atoms with Crippen LogP contribution >= 0.6 is 11.8 Å². The molecule has 0 aliphatic carbocycles. The summed E-state index contributed by atoms with van der Waals surface area (Å²) in [7, 11) is 0. The Kier molecular flexibility index (Phi) is 8.34. The molecule has 2 aromatic carbocycles. The molecule has 1 saturated heterocycles. The maximum absolute atomic E-state index is 13.6. The summed E-state index contributed by atoms with van der Waals surface area (Å²) in [5.74, 6) is 0.837. The van der Waals surface area contributed by atoms with Crippen LogP contribution in [0, 0.1) is 5.82 Å². The third kappa shape index (κ3) is 6.24. The van der Waals surface area contributed by atoms with Gasteiger partial charge in [0.05, 0.1) is 12.3 Å². The van der Waals surface area contributed by atoms with Crippen molar-refractivity contribution in [2.24, 2.45) is 0 Å². The molecule has 0 N–H and O–H groups in total. The van der Waals surface area contributed by atoms with E-state index in [1.165, 1.54) is 43.2 Å². The normalized spacial score (nSPS) is 14.5. The quantitative estimate of drug-likeness (QED) is 0.406. The third-order valence-corrected chi connectivity index (χ3v) is 6.98. The van der Waals surface area contributed by atoms with Crippen molar-refractivity contribution in [3.8, 4) is 5.69 Å². The predicted octanol–water partition coefficient (Wildman–Crippen LogP) is 4.92. The second-order valence-electron chi connectivity index (χ2n) is 8.94. The van der Waals surface area contributed by atoms with Gasteiger partial charge in [0.2, 0.25) is 5.91 Å². The molecule has 1 fully saturated rings. The van der Waals surface area contributed by atoms with Crippen LogP contribution < -0.4 is 0 Å². The van der Waals surface area contributed by atoms with Crippen LogP contribution in [0.25, 0.3) is 5.69 Å². The van der Waals surface area contributed by atoms with Crippen LogP contribution in [0.3, 0.4) is 0 Å². The molecule has 0 spiro atoms. The Balaban J connectivity index is 1.52. The standard InChI is InChI=1S/C26H32FN5OS/c1-20(2)31(17-21-9-5-3-6-10-21)25(33)19-34-26-29-28-24(18-30-15-7-4-8-16-30)32(26)23-13-11-22(27)12-14-23/h3,5-6,9-14,20H,4,7-8,15-19H2,1-2H3. The molecule has 0 atom stereocenters. The van der Waals surface area contributed by atoms with Gasteiger partial charge in [0.15, 0.2) is 11.0 Å². The molecule has 0 unspecified atom stereocenters. The van der Waals surface area contributed by atoms with Gasteiger partial charge in [-0.15, -0.1) is 10.2 Å². The van der Waals surface area contributed by atoms with Crippen LogP contribution in [0.1, 0.15) is 44.5 Å². The number of thioether (sulfide) groups is 1. The smallest absolute Gasteiger partial charge is 0.233 e. The second-order valence-corrected chi connectivity index (χ2v) is 9.88. The molecule has 1 amide bonds. The number of likely N-dealkylation sites (tertiary alicyclic amines) is 1. The molecule has 34 heavy (non-hydrogen) atoms. The zero-order valence-electron chi connectivity index (χ0n) is 19.9. The lowest BCUT2D eigenvalue weighted by Gasteiger charge is -2.27. The van der Waals surface area contributed by atoms with Gasteiger partial charge >= 0.3 is 0 Å². The van der Waals surface area contributed by atoms with Gasteiger partial charge in [-0.2, -0.15) is 0 Å². The summed E-state index contributed by atoms with van der Waals surface area (Å²) < 4.78 is 15.6. The van der Waals surface area contributed by atoms with E-state index in [0.717, 1.165) is 30.2 Å². The minimum absolute atomic E-state index is 0.0510. The highest BCUT2D eigenvalue weighted by molar-refractivity contribution is 7.99. The lowest BCUT2D eigenvalue weighted by Crippen LogP contribution is -2.37. The molecule has 3 aromatic rings. The zero-order valence-corrected chi connectivity index (χ0v) is 20.7. The van der Waals surface area contributed by atoms with E-state index in [9.17, 15) is 9.18 Å². The summed E-state index contributed by atoms with van der Waals surface area (Å²) in [5.41, 5.74) is 1.91. The summed E-state index contributed by atoms with van der Waals surface area (Å²) in [5, 5.41) is 9.54. The largest absolute Gasteiger partial charge is 0.335 e. The summed E-state index contributed by atoms with van der Waals surface area (Å²) in [6, 6.07) is 16.5. The maximum Gasteiger partial charge on any atom is 0.233 e. The molecule has 1 aromatic heterocycles. The number of halogens is 1. The van der Waals surface area contributed by atoms with E-state index in [0.29, 0.717) is 18.2 Å². The van der Waals surface area contributed by atoms with E-state index in [1.54, 1.807) is 12.1 Å². The highest BCUT2D eigenvalue weighted by atomic mass is 32.2. The average molecular weight is 482 g/mol. The number of carbonyl (C=O) groups excluding carboxylic acids is 1. The number of benzene rings is 2. The minimum atomic E-state index is -0.285. The van der Waals surface area contributed by atoms with Crippen molar-refractivity contribution in [3.05, 3.63) is 71.8 Å². The Bertz CT molecular complexity index is 1060. The van der Waals surface area contributed by atoms with Gasteiger partial charge in [0, 0.05) is 18.3 Å². The molecular formula is C26H32FN5OS. The van der Waals surface area contributed by atoms with Gasteiger partial charge < -0.3 is 4.90 Å². The molecule has 1 aliphatic heterocycles. The molecule has 8 heteroatoms. The predicted molar refractivity (Wildman–Crippen MR) is 133 cm³/mol. The highest BCUT2D eigenvalue weighted by Gasteiger charge is 2.22. The Morgan fingerprint density at radius 2 is 1.74 bits per heavy atom. The van der Waals surface area contributed by atoms with Crippen LogP contribution in [0.5, 0.6) is 0 Å². The van der Waals surface area contributed by atoms with Gasteiger partial charge in [0.1, 0.15) is 5.82 Å². The summed E-state index contributed by atoms with van der Waals surface area (Å²) in [4.78, 5) is 17.4. The van der Waals surface area contributed by atoms with Gasteiger partial charge in [-0.05, 0) is 69.6 Å². The number of amides is 1. The van der Waals surface area contributed by atoms with Crippen molar-refractivity contribution in [2.45, 2.75) is 57.4 Å². The topological polar surface area (TPSA) is 54.3 Å². The van der Waals surface area contributed by atoms with E-state index in [4.69, 9.17) is 0 Å². The van der Waals surface area contributed by atoms with E-state index in [-0.39, 0.29) is 23.5 Å². The molecule has 0 bridgehead atoms. The number of piperidine rings is 1. The molecule has 1 aliphatic rings. The number of nitrogens with zero attached hydrogens (tertiary/aromatic N) is 5. The van der Waals surface area contributed by atoms with Gasteiger partial charge in [-0.3, -0.25) is 14.3 Å². The number of carbonyl (C=O) groups is 1. The van der Waals surface area contributed by atoms with Crippen molar-refractivity contribution in [1.82, 2.24) is 24.6 Å². The van der Waals surface area contributed by atoms with E-state index >= 15 is 0 Å². The molecule has 0 radical (unpaired) electrons. The number of hydrogen-bond donors (Lipinski definition) is 0. The van der Waals surface area contributed by atoms with Crippen LogP contribution in [0.15, 0.2) is 59.8 Å². The van der Waals surface area contributed by atoms with Crippen LogP contribution in [0.4, 0.5) is 4.39 Å². The summed E-state index contributed by atoms with van der Waals surface area (Å²) in [6.07, 6.45) is 3.64. The second kappa shape index (κ2) is 11.6. The Morgan fingerprint density at radius 1 is 1.03 bits per heavy atom. The SMILES string of the molecule is CC(C)N(Cc1ccccc1)C(=O)CSc1nnc(CN2CCCCC2)n1-c1ccc(F)cc1. The van der Waals surface area contributed by atoms with E-state index < -0.39 is 0 Å². The van der Waals surface area contributed by atoms with Gasteiger partial charge in [-0.1, -0.05) is 48.5 Å². The Labute approximate surface area is 205 Å². The lowest BCUT2D eigenvalue weighted by molar-refractivity contribution is -0.130. The molecule has 4 rings (SSSR count). The Hall–Kier alpha value is -2.71. The molecule has 6 nitrogen and oxygen atoms in total.